The standard InChI is InChI=1S/C24H22Cl3F4NO2/c25-16-7-15(8-17(26)9-16)22(24(29,30)31)32-5-3-13(4-6-32)12-34-21-11-20(28)19(23(27)33)10-18(21)14-1-2-14/h7-11,13-14,22H,1-6,12H2. The number of carbonyl (C=O) groups is 1. The van der Waals surface area contributed by atoms with Gasteiger partial charge in [0.1, 0.15) is 17.6 Å². The highest BCUT2D eigenvalue weighted by Gasteiger charge is 2.45. The van der Waals surface area contributed by atoms with Gasteiger partial charge in [-0.1, -0.05) is 23.2 Å². The molecule has 0 aromatic heterocycles. The fourth-order valence-corrected chi connectivity index (χ4v) is 5.17. The summed E-state index contributed by atoms with van der Waals surface area (Å²) in [5, 5.41) is -0.556. The largest absolute Gasteiger partial charge is 0.493 e. The number of alkyl halides is 3. The van der Waals surface area contributed by atoms with Gasteiger partial charge >= 0.3 is 6.18 Å². The highest BCUT2D eigenvalue weighted by atomic mass is 35.5. The van der Waals surface area contributed by atoms with E-state index in [1.807, 2.05) is 0 Å². The quantitative estimate of drug-likeness (QED) is 0.266. The molecule has 1 aliphatic heterocycles. The van der Waals surface area contributed by atoms with Crippen molar-refractivity contribution in [3.8, 4) is 5.75 Å². The van der Waals surface area contributed by atoms with Gasteiger partial charge in [0.05, 0.1) is 12.2 Å². The molecule has 1 unspecified atom stereocenters. The Balaban J connectivity index is 1.42. The van der Waals surface area contributed by atoms with Crippen LogP contribution in [0.25, 0.3) is 0 Å². The van der Waals surface area contributed by atoms with Crippen molar-refractivity contribution in [2.24, 2.45) is 5.92 Å². The minimum Gasteiger partial charge on any atom is -0.493 e. The topological polar surface area (TPSA) is 29.5 Å². The van der Waals surface area contributed by atoms with E-state index in [2.05, 4.69) is 0 Å². The highest BCUT2D eigenvalue weighted by Crippen LogP contribution is 2.46. The minimum absolute atomic E-state index is 0.0116. The first kappa shape index (κ1) is 25.5. The van der Waals surface area contributed by atoms with E-state index < -0.39 is 23.3 Å². The van der Waals surface area contributed by atoms with Crippen LogP contribution in [0.1, 0.15) is 59.1 Å². The van der Waals surface area contributed by atoms with Crippen LogP contribution in [0.15, 0.2) is 30.3 Å². The molecular weight excluding hydrogens is 517 g/mol. The zero-order valence-electron chi connectivity index (χ0n) is 18.0. The van der Waals surface area contributed by atoms with E-state index in [0.717, 1.165) is 18.4 Å². The van der Waals surface area contributed by atoms with Gasteiger partial charge < -0.3 is 4.74 Å². The summed E-state index contributed by atoms with van der Waals surface area (Å²) in [6.45, 7) is 0.679. The van der Waals surface area contributed by atoms with Gasteiger partial charge in [0.2, 0.25) is 0 Å². The van der Waals surface area contributed by atoms with Gasteiger partial charge in [-0.25, -0.2) is 4.39 Å². The van der Waals surface area contributed by atoms with Gasteiger partial charge in [-0.15, -0.1) is 0 Å². The number of hydrogen-bond donors (Lipinski definition) is 0. The molecule has 0 bridgehead atoms. The maximum Gasteiger partial charge on any atom is 0.408 e. The Morgan fingerprint density at radius 2 is 1.65 bits per heavy atom. The molecule has 34 heavy (non-hydrogen) atoms. The van der Waals surface area contributed by atoms with E-state index in [0.29, 0.717) is 18.6 Å². The molecule has 0 amide bonds. The molecule has 1 heterocycles. The van der Waals surface area contributed by atoms with E-state index in [4.69, 9.17) is 39.5 Å². The van der Waals surface area contributed by atoms with Crippen molar-refractivity contribution in [1.82, 2.24) is 4.90 Å². The molecule has 2 aliphatic rings. The van der Waals surface area contributed by atoms with Gasteiger partial charge in [-0.3, -0.25) is 9.69 Å². The van der Waals surface area contributed by atoms with Crippen molar-refractivity contribution in [3.63, 3.8) is 0 Å². The van der Waals surface area contributed by atoms with E-state index in [-0.39, 0.29) is 52.7 Å². The molecule has 2 fully saturated rings. The van der Waals surface area contributed by atoms with Gasteiger partial charge in [0.15, 0.2) is 0 Å². The number of carbonyl (C=O) groups excluding carboxylic acids is 1. The number of likely N-dealkylation sites (tertiary alicyclic amines) is 1. The number of nitrogens with zero attached hydrogens (tertiary/aromatic N) is 1. The molecular formula is C24H22Cl3F4NO2. The van der Waals surface area contributed by atoms with Crippen LogP contribution in [0.3, 0.4) is 0 Å². The first-order valence-corrected chi connectivity index (χ1v) is 12.1. The molecule has 1 aliphatic carbocycles. The molecule has 1 saturated heterocycles. The molecule has 1 saturated carbocycles. The summed E-state index contributed by atoms with van der Waals surface area (Å²) in [4.78, 5) is 12.8. The summed E-state index contributed by atoms with van der Waals surface area (Å²) in [7, 11) is 0. The van der Waals surface area contributed by atoms with Crippen LogP contribution in [-0.2, 0) is 0 Å². The maximum absolute atomic E-state index is 14.3. The third kappa shape index (κ3) is 5.99. The zero-order valence-corrected chi connectivity index (χ0v) is 20.2. The SMILES string of the molecule is O=C(Cl)c1cc(C2CC2)c(OCC2CCN(C(c3cc(Cl)cc(Cl)c3)C(F)(F)F)CC2)cc1F. The smallest absolute Gasteiger partial charge is 0.408 e. The molecule has 3 nitrogen and oxygen atoms in total. The third-order valence-electron chi connectivity index (χ3n) is 6.33. The molecule has 10 heteroatoms. The third-order valence-corrected chi connectivity index (χ3v) is 6.97. The lowest BCUT2D eigenvalue weighted by Crippen LogP contribution is -2.43. The lowest BCUT2D eigenvalue weighted by molar-refractivity contribution is -0.190. The highest BCUT2D eigenvalue weighted by molar-refractivity contribution is 6.67. The Labute approximate surface area is 209 Å². The molecule has 2 aromatic carbocycles. The van der Waals surface area contributed by atoms with Crippen molar-refractivity contribution in [3.05, 3.63) is 62.9 Å². The molecule has 2 aromatic rings. The van der Waals surface area contributed by atoms with E-state index >= 15 is 0 Å². The summed E-state index contributed by atoms with van der Waals surface area (Å²) in [5.41, 5.74) is 0.583. The molecule has 0 N–H and O–H groups in total. The van der Waals surface area contributed by atoms with E-state index in [1.54, 1.807) is 0 Å². The van der Waals surface area contributed by atoms with Gasteiger partial charge in [-0.2, -0.15) is 13.2 Å². The molecule has 184 valence electrons. The van der Waals surface area contributed by atoms with Crippen molar-refractivity contribution in [2.75, 3.05) is 19.7 Å². The van der Waals surface area contributed by atoms with Crippen molar-refractivity contribution < 1.29 is 27.1 Å². The van der Waals surface area contributed by atoms with Crippen LogP contribution in [0, 0.1) is 11.7 Å². The second-order valence-electron chi connectivity index (χ2n) is 8.86. The molecule has 0 spiro atoms. The van der Waals surface area contributed by atoms with Gasteiger partial charge in [0, 0.05) is 16.1 Å². The number of benzene rings is 2. The average molecular weight is 539 g/mol. The fraction of sp³-hybridized carbons (Fsp3) is 0.458. The van der Waals surface area contributed by atoms with E-state index in [1.165, 1.54) is 35.2 Å². The molecule has 4 rings (SSSR count). The van der Waals surface area contributed by atoms with Crippen molar-refractivity contribution in [2.45, 2.75) is 43.8 Å². The predicted octanol–water partition coefficient (Wildman–Crippen LogP) is 7.78. The summed E-state index contributed by atoms with van der Waals surface area (Å²) >= 11 is 17.4. The predicted molar refractivity (Wildman–Crippen MR) is 124 cm³/mol. The van der Waals surface area contributed by atoms with Crippen LogP contribution < -0.4 is 4.74 Å². The Morgan fingerprint density at radius 3 is 2.18 bits per heavy atom. The number of halogens is 7. The fourth-order valence-electron chi connectivity index (χ4n) is 4.49. The monoisotopic (exact) mass is 537 g/mol. The zero-order chi connectivity index (χ0) is 24.6. The Bertz CT molecular complexity index is 1050. The Morgan fingerprint density at radius 1 is 1.03 bits per heavy atom. The van der Waals surface area contributed by atoms with Crippen LogP contribution in [0.5, 0.6) is 5.75 Å². The van der Waals surface area contributed by atoms with Crippen molar-refractivity contribution in [1.29, 1.82) is 0 Å². The molecule has 1 atom stereocenters. The summed E-state index contributed by atoms with van der Waals surface area (Å²) in [5.74, 6) is -0.171. The van der Waals surface area contributed by atoms with Crippen molar-refractivity contribution >= 4 is 40.0 Å². The Kier molecular flexibility index (Phi) is 7.67. The number of ether oxygens (including phenoxy) is 1. The van der Waals surface area contributed by atoms with Crippen LogP contribution >= 0.6 is 34.8 Å². The second-order valence-corrected chi connectivity index (χ2v) is 10.1. The Hall–Kier alpha value is -1.54. The summed E-state index contributed by atoms with van der Waals surface area (Å²) in [6, 6.07) is 4.82. The number of hydrogen-bond acceptors (Lipinski definition) is 3. The lowest BCUT2D eigenvalue weighted by Gasteiger charge is -2.38. The lowest BCUT2D eigenvalue weighted by atomic mass is 9.94. The first-order valence-electron chi connectivity index (χ1n) is 11.0. The number of rotatable bonds is 7. The van der Waals surface area contributed by atoms with Gasteiger partial charge in [-0.05, 0) is 97.6 Å². The minimum atomic E-state index is -4.49. The normalized spacial score (nSPS) is 18.7. The average Bonchev–Trinajstić information content (AvgIpc) is 3.56. The van der Waals surface area contributed by atoms with Gasteiger partial charge in [0.25, 0.3) is 5.24 Å². The maximum atomic E-state index is 14.3. The van der Waals surface area contributed by atoms with Crippen LogP contribution in [-0.4, -0.2) is 36.0 Å². The van der Waals surface area contributed by atoms with Crippen LogP contribution in [0.4, 0.5) is 17.6 Å². The van der Waals surface area contributed by atoms with Crippen LogP contribution in [0.2, 0.25) is 10.0 Å². The number of piperidine rings is 1. The van der Waals surface area contributed by atoms with E-state index in [9.17, 15) is 22.4 Å². The summed E-state index contributed by atoms with van der Waals surface area (Å²) in [6.07, 6.45) is -1.68. The first-order chi connectivity index (χ1) is 16.0. The second kappa shape index (κ2) is 10.2. The molecule has 0 radical (unpaired) electrons. The summed E-state index contributed by atoms with van der Waals surface area (Å²) < 4.78 is 62.0.